The highest BCUT2D eigenvalue weighted by molar-refractivity contribution is 5.84. The van der Waals surface area contributed by atoms with Gasteiger partial charge in [-0.1, -0.05) is 0 Å². The van der Waals surface area contributed by atoms with Gasteiger partial charge in [-0.3, -0.25) is 14.8 Å². The van der Waals surface area contributed by atoms with Crippen LogP contribution in [0.3, 0.4) is 0 Å². The van der Waals surface area contributed by atoms with Gasteiger partial charge in [0.15, 0.2) is 0 Å². The fourth-order valence-electron chi connectivity index (χ4n) is 1.83. The number of nitrogens with zero attached hydrogens (tertiary/aromatic N) is 2. The maximum absolute atomic E-state index is 11.9. The zero-order valence-electron chi connectivity index (χ0n) is 10.2. The predicted octanol–water partition coefficient (Wildman–Crippen LogP) is 0.970. The molecular formula is C12H17N3O2. The molecule has 0 aliphatic carbocycles. The molecule has 0 spiro atoms. The van der Waals surface area contributed by atoms with Crippen LogP contribution in [0.15, 0.2) is 12.4 Å². The average molecular weight is 235 g/mol. The molecule has 5 nitrogen and oxygen atoms in total. The Morgan fingerprint density at radius 1 is 1.53 bits per heavy atom. The van der Waals surface area contributed by atoms with E-state index in [-0.39, 0.29) is 5.91 Å². The first kappa shape index (κ1) is 12.0. The quantitative estimate of drug-likeness (QED) is 0.848. The molecule has 0 radical (unpaired) electrons. The van der Waals surface area contributed by atoms with Gasteiger partial charge in [-0.05, 0) is 26.7 Å². The standard InChI is InChI=1S/C12H17N3O2/c1-9-6-14-10(7-13-9)8-15-11(16)12(2)4-3-5-17-12/h6-7H,3-5,8H2,1-2H3,(H,15,16)/t12-/m1/s1. The molecule has 2 rings (SSSR count). The van der Waals surface area contributed by atoms with Crippen LogP contribution in [0, 0.1) is 6.92 Å². The van der Waals surface area contributed by atoms with Crippen LogP contribution in [-0.2, 0) is 16.1 Å². The van der Waals surface area contributed by atoms with Crippen LogP contribution >= 0.6 is 0 Å². The van der Waals surface area contributed by atoms with Crippen LogP contribution in [0.4, 0.5) is 0 Å². The van der Waals surface area contributed by atoms with Gasteiger partial charge in [0.1, 0.15) is 5.60 Å². The number of ether oxygens (including phenoxy) is 1. The van der Waals surface area contributed by atoms with Crippen LogP contribution in [-0.4, -0.2) is 28.1 Å². The van der Waals surface area contributed by atoms with E-state index in [1.165, 1.54) is 0 Å². The Bertz CT molecular complexity index is 397. The summed E-state index contributed by atoms with van der Waals surface area (Å²) < 4.78 is 5.46. The molecule has 17 heavy (non-hydrogen) atoms. The summed E-state index contributed by atoms with van der Waals surface area (Å²) in [6.45, 7) is 4.76. The molecule has 0 aromatic carbocycles. The maximum atomic E-state index is 11.9. The van der Waals surface area contributed by atoms with E-state index in [2.05, 4.69) is 15.3 Å². The lowest BCUT2D eigenvalue weighted by molar-refractivity contribution is -0.139. The molecule has 1 aliphatic heterocycles. The highest BCUT2D eigenvalue weighted by Gasteiger charge is 2.37. The summed E-state index contributed by atoms with van der Waals surface area (Å²) >= 11 is 0. The first-order chi connectivity index (χ1) is 8.10. The molecule has 2 heterocycles. The van der Waals surface area contributed by atoms with E-state index in [1.807, 2.05) is 13.8 Å². The third kappa shape index (κ3) is 2.79. The number of rotatable bonds is 3. The lowest BCUT2D eigenvalue weighted by atomic mass is 10.0. The summed E-state index contributed by atoms with van der Waals surface area (Å²) in [6, 6.07) is 0. The van der Waals surface area contributed by atoms with Crippen molar-refractivity contribution < 1.29 is 9.53 Å². The van der Waals surface area contributed by atoms with Crippen molar-refractivity contribution >= 4 is 5.91 Å². The number of aromatic nitrogens is 2. The number of nitrogens with one attached hydrogen (secondary N) is 1. The smallest absolute Gasteiger partial charge is 0.252 e. The monoisotopic (exact) mass is 235 g/mol. The minimum Gasteiger partial charge on any atom is -0.365 e. The van der Waals surface area contributed by atoms with Gasteiger partial charge in [0.25, 0.3) is 5.91 Å². The Labute approximate surface area is 101 Å². The zero-order valence-corrected chi connectivity index (χ0v) is 10.2. The van der Waals surface area contributed by atoms with Crippen molar-refractivity contribution in [2.75, 3.05) is 6.61 Å². The van der Waals surface area contributed by atoms with E-state index in [0.717, 1.165) is 24.2 Å². The largest absolute Gasteiger partial charge is 0.365 e. The second kappa shape index (κ2) is 4.79. The topological polar surface area (TPSA) is 64.1 Å². The molecule has 92 valence electrons. The van der Waals surface area contributed by atoms with Crippen molar-refractivity contribution in [3.05, 3.63) is 23.8 Å². The van der Waals surface area contributed by atoms with E-state index in [0.29, 0.717) is 13.2 Å². The molecule has 0 unspecified atom stereocenters. The molecule has 0 bridgehead atoms. The van der Waals surface area contributed by atoms with Gasteiger partial charge in [-0.15, -0.1) is 0 Å². The Balaban J connectivity index is 1.89. The third-order valence-corrected chi connectivity index (χ3v) is 2.96. The third-order valence-electron chi connectivity index (χ3n) is 2.96. The molecule has 1 aromatic rings. The number of hydrogen-bond acceptors (Lipinski definition) is 4. The van der Waals surface area contributed by atoms with E-state index in [9.17, 15) is 4.79 Å². The van der Waals surface area contributed by atoms with Gasteiger partial charge in [0.05, 0.1) is 24.1 Å². The molecule has 1 amide bonds. The lowest BCUT2D eigenvalue weighted by Gasteiger charge is -2.21. The van der Waals surface area contributed by atoms with Gasteiger partial charge in [0.2, 0.25) is 0 Å². The molecule has 1 aromatic heterocycles. The van der Waals surface area contributed by atoms with Crippen molar-refractivity contribution in [2.24, 2.45) is 0 Å². The fraction of sp³-hybridized carbons (Fsp3) is 0.583. The molecule has 1 saturated heterocycles. The number of carbonyl (C=O) groups is 1. The second-order valence-corrected chi connectivity index (χ2v) is 4.51. The normalized spacial score (nSPS) is 23.6. The minimum atomic E-state index is -0.669. The van der Waals surface area contributed by atoms with Gasteiger partial charge in [-0.25, -0.2) is 0 Å². The first-order valence-electron chi connectivity index (χ1n) is 5.80. The van der Waals surface area contributed by atoms with Gasteiger partial charge < -0.3 is 10.1 Å². The van der Waals surface area contributed by atoms with E-state index < -0.39 is 5.60 Å². The van der Waals surface area contributed by atoms with Crippen molar-refractivity contribution in [3.63, 3.8) is 0 Å². The van der Waals surface area contributed by atoms with Crippen molar-refractivity contribution in [1.29, 1.82) is 0 Å². The molecule has 5 heteroatoms. The summed E-state index contributed by atoms with van der Waals surface area (Å²) in [5.41, 5.74) is 0.953. The fourth-order valence-corrected chi connectivity index (χ4v) is 1.83. The summed E-state index contributed by atoms with van der Waals surface area (Å²) in [6.07, 6.45) is 5.08. The number of hydrogen-bond donors (Lipinski definition) is 1. The van der Waals surface area contributed by atoms with Crippen molar-refractivity contribution in [3.8, 4) is 0 Å². The highest BCUT2D eigenvalue weighted by Crippen LogP contribution is 2.24. The van der Waals surface area contributed by atoms with E-state index >= 15 is 0 Å². The molecule has 1 aliphatic rings. The van der Waals surface area contributed by atoms with Crippen LogP contribution in [0.1, 0.15) is 31.2 Å². The van der Waals surface area contributed by atoms with Crippen molar-refractivity contribution in [2.45, 2.75) is 38.8 Å². The maximum Gasteiger partial charge on any atom is 0.252 e. The number of aryl methyl sites for hydroxylation is 1. The Kier molecular flexibility index (Phi) is 3.38. The first-order valence-corrected chi connectivity index (χ1v) is 5.80. The Morgan fingerprint density at radius 3 is 2.94 bits per heavy atom. The number of carbonyl (C=O) groups excluding carboxylic acids is 1. The highest BCUT2D eigenvalue weighted by atomic mass is 16.5. The lowest BCUT2D eigenvalue weighted by Crippen LogP contribution is -2.43. The molecule has 1 N–H and O–H groups in total. The summed E-state index contributed by atoms with van der Waals surface area (Å²) in [7, 11) is 0. The second-order valence-electron chi connectivity index (χ2n) is 4.51. The molecule has 0 saturated carbocycles. The average Bonchev–Trinajstić information content (AvgIpc) is 2.76. The minimum absolute atomic E-state index is 0.0719. The van der Waals surface area contributed by atoms with Gasteiger partial charge >= 0.3 is 0 Å². The Morgan fingerprint density at radius 2 is 2.35 bits per heavy atom. The summed E-state index contributed by atoms with van der Waals surface area (Å²) in [4.78, 5) is 20.2. The van der Waals surface area contributed by atoms with Crippen LogP contribution < -0.4 is 5.32 Å². The van der Waals surface area contributed by atoms with E-state index in [1.54, 1.807) is 12.4 Å². The van der Waals surface area contributed by atoms with Gasteiger partial charge in [0, 0.05) is 12.8 Å². The van der Waals surface area contributed by atoms with Gasteiger partial charge in [-0.2, -0.15) is 0 Å². The van der Waals surface area contributed by atoms with E-state index in [4.69, 9.17) is 4.74 Å². The molecule has 1 atom stereocenters. The van der Waals surface area contributed by atoms with Crippen LogP contribution in [0.5, 0.6) is 0 Å². The Hall–Kier alpha value is -1.49. The predicted molar refractivity (Wildman–Crippen MR) is 62.2 cm³/mol. The molecular weight excluding hydrogens is 218 g/mol. The molecule has 1 fully saturated rings. The number of amides is 1. The van der Waals surface area contributed by atoms with Crippen molar-refractivity contribution in [1.82, 2.24) is 15.3 Å². The zero-order chi connectivity index (χ0) is 12.3. The van der Waals surface area contributed by atoms with Crippen LogP contribution in [0.2, 0.25) is 0 Å². The SMILES string of the molecule is Cc1cnc(CNC(=O)[C@@]2(C)CCCO2)cn1. The summed E-state index contributed by atoms with van der Waals surface area (Å²) in [5.74, 6) is -0.0719. The van der Waals surface area contributed by atoms with Crippen LogP contribution in [0.25, 0.3) is 0 Å². The summed E-state index contributed by atoms with van der Waals surface area (Å²) in [5, 5.41) is 2.83.